The van der Waals surface area contributed by atoms with Crippen LogP contribution in [0.25, 0.3) is 0 Å². The lowest BCUT2D eigenvalue weighted by Crippen LogP contribution is -2.50. The summed E-state index contributed by atoms with van der Waals surface area (Å²) in [6.45, 7) is 0.824. The summed E-state index contributed by atoms with van der Waals surface area (Å²) in [4.78, 5) is 12.3. The summed E-state index contributed by atoms with van der Waals surface area (Å²) < 4.78 is 98.4. The van der Waals surface area contributed by atoms with Crippen LogP contribution in [0.1, 0.15) is 51.4 Å². The lowest BCUT2D eigenvalue weighted by Gasteiger charge is -2.33. The Bertz CT molecular complexity index is 707. The molecule has 32 heavy (non-hydrogen) atoms. The maximum atomic E-state index is 12.8. The number of hydroxylamine groups is 1. The van der Waals surface area contributed by atoms with E-state index in [1.807, 2.05) is 0 Å². The highest BCUT2D eigenvalue weighted by Crippen LogP contribution is 2.39. The van der Waals surface area contributed by atoms with Gasteiger partial charge in [0.1, 0.15) is 0 Å². The average molecular weight is 496 g/mol. The van der Waals surface area contributed by atoms with E-state index in [0.717, 1.165) is 4.31 Å². The number of rotatable bonds is 10. The summed E-state index contributed by atoms with van der Waals surface area (Å²) in [5, 5.41) is 10.0. The van der Waals surface area contributed by atoms with Crippen LogP contribution in [-0.4, -0.2) is 79.4 Å². The summed E-state index contributed by atoms with van der Waals surface area (Å²) in [7, 11) is -4.38. The van der Waals surface area contributed by atoms with E-state index >= 15 is 0 Å². The Kier molecular flexibility index (Phi) is 9.64. The number of alkyl halides is 5. The summed E-state index contributed by atoms with van der Waals surface area (Å²) in [6, 6.07) is 0. The highest BCUT2D eigenvalue weighted by atomic mass is 32.2. The standard InChI is InChI=1S/C18H29F5N2O6S/c19-17(20,18(21,22)23)8-2-1-3-11-31-15-4-9-24(10-5-15)32(28,29)25(27)16(26)14-6-12-30-13-7-14/h14-15,27H,1-13H2. The number of carbonyl (C=O) groups is 1. The number of piperidine rings is 1. The van der Waals surface area contributed by atoms with Gasteiger partial charge in [-0.3, -0.25) is 10.0 Å². The van der Waals surface area contributed by atoms with Crippen molar-refractivity contribution in [3.05, 3.63) is 0 Å². The third-order valence-electron chi connectivity index (χ3n) is 5.61. The van der Waals surface area contributed by atoms with Crippen LogP contribution in [0.5, 0.6) is 0 Å². The number of nitrogens with zero attached hydrogens (tertiary/aromatic N) is 2. The molecule has 0 radical (unpaired) electrons. The molecule has 0 bridgehead atoms. The van der Waals surface area contributed by atoms with Crippen molar-refractivity contribution in [2.75, 3.05) is 32.9 Å². The van der Waals surface area contributed by atoms with Gasteiger partial charge in [0.05, 0.1) is 6.10 Å². The van der Waals surface area contributed by atoms with E-state index in [1.54, 1.807) is 0 Å². The number of hydrogen-bond donors (Lipinski definition) is 1. The zero-order chi connectivity index (χ0) is 24.0. The lowest BCUT2D eigenvalue weighted by molar-refractivity contribution is -0.284. The van der Waals surface area contributed by atoms with Crippen molar-refractivity contribution in [1.82, 2.24) is 8.77 Å². The molecule has 2 fully saturated rings. The highest BCUT2D eigenvalue weighted by molar-refractivity contribution is 7.87. The molecule has 1 N–H and O–H groups in total. The number of carbonyl (C=O) groups excluding carboxylic acids is 1. The molecule has 0 aromatic heterocycles. The Morgan fingerprint density at radius 3 is 2.19 bits per heavy atom. The molecule has 0 saturated carbocycles. The molecule has 0 atom stereocenters. The lowest BCUT2D eigenvalue weighted by atomic mass is 10.00. The van der Waals surface area contributed by atoms with E-state index in [1.165, 1.54) is 0 Å². The molecule has 2 aliphatic rings. The summed E-state index contributed by atoms with van der Waals surface area (Å²) >= 11 is 0. The van der Waals surface area contributed by atoms with E-state index in [2.05, 4.69) is 0 Å². The Morgan fingerprint density at radius 1 is 1.03 bits per heavy atom. The Hall–Kier alpha value is -1.09. The quantitative estimate of drug-likeness (QED) is 0.216. The Morgan fingerprint density at radius 2 is 1.62 bits per heavy atom. The van der Waals surface area contributed by atoms with Crippen molar-refractivity contribution in [3.63, 3.8) is 0 Å². The third-order valence-corrected chi connectivity index (χ3v) is 7.24. The molecule has 1 amide bonds. The summed E-state index contributed by atoms with van der Waals surface area (Å²) in [6.07, 6.45) is -5.71. The van der Waals surface area contributed by atoms with Crippen LogP contribution in [0, 0.1) is 5.92 Å². The number of halogens is 5. The van der Waals surface area contributed by atoms with Gasteiger partial charge in [0.25, 0.3) is 5.91 Å². The zero-order valence-corrected chi connectivity index (χ0v) is 18.3. The van der Waals surface area contributed by atoms with Crippen LogP contribution in [-0.2, 0) is 24.5 Å². The van der Waals surface area contributed by atoms with Gasteiger partial charge in [-0.25, -0.2) is 0 Å². The third kappa shape index (κ3) is 7.20. The topological polar surface area (TPSA) is 96.4 Å². The smallest absolute Gasteiger partial charge is 0.381 e. The van der Waals surface area contributed by atoms with Gasteiger partial charge in [-0.1, -0.05) is 10.9 Å². The van der Waals surface area contributed by atoms with Crippen LogP contribution in [0.15, 0.2) is 0 Å². The molecule has 0 aromatic rings. The molecule has 2 saturated heterocycles. The van der Waals surface area contributed by atoms with Crippen molar-refractivity contribution in [2.45, 2.75) is 69.6 Å². The molecule has 0 aliphatic carbocycles. The molecule has 188 valence electrons. The first-order chi connectivity index (χ1) is 14.9. The van der Waals surface area contributed by atoms with Crippen LogP contribution < -0.4 is 0 Å². The highest BCUT2D eigenvalue weighted by Gasteiger charge is 2.56. The predicted molar refractivity (Wildman–Crippen MR) is 101 cm³/mol. The fourth-order valence-corrected chi connectivity index (χ4v) is 4.84. The average Bonchev–Trinajstić information content (AvgIpc) is 2.75. The predicted octanol–water partition coefficient (Wildman–Crippen LogP) is 3.11. The van der Waals surface area contributed by atoms with Gasteiger partial charge >= 0.3 is 22.3 Å². The van der Waals surface area contributed by atoms with Crippen molar-refractivity contribution in [1.29, 1.82) is 0 Å². The van der Waals surface area contributed by atoms with Gasteiger partial charge in [0, 0.05) is 45.2 Å². The second kappa shape index (κ2) is 11.4. The van der Waals surface area contributed by atoms with Crippen LogP contribution >= 0.6 is 0 Å². The maximum absolute atomic E-state index is 12.8. The molecule has 2 heterocycles. The van der Waals surface area contributed by atoms with E-state index in [4.69, 9.17) is 9.47 Å². The SMILES string of the molecule is O=C(C1CCOCC1)N(O)S(=O)(=O)N1CCC(OCCCCCC(F)(F)C(F)(F)F)CC1. The van der Waals surface area contributed by atoms with Crippen LogP contribution in [0.4, 0.5) is 22.0 Å². The Balaban J connectivity index is 1.67. The molecule has 0 spiro atoms. The summed E-state index contributed by atoms with van der Waals surface area (Å²) in [5.41, 5.74) is 0. The minimum Gasteiger partial charge on any atom is -0.381 e. The van der Waals surface area contributed by atoms with Gasteiger partial charge in [0.15, 0.2) is 0 Å². The maximum Gasteiger partial charge on any atom is 0.453 e. The fourth-order valence-electron chi connectivity index (χ4n) is 3.57. The number of amides is 1. The van der Waals surface area contributed by atoms with Crippen molar-refractivity contribution in [2.24, 2.45) is 5.92 Å². The first-order valence-electron chi connectivity index (χ1n) is 10.5. The number of hydrogen-bond acceptors (Lipinski definition) is 6. The second-order valence-corrected chi connectivity index (χ2v) is 9.72. The molecular weight excluding hydrogens is 467 g/mol. The van der Waals surface area contributed by atoms with Crippen LogP contribution in [0.3, 0.4) is 0 Å². The first-order valence-corrected chi connectivity index (χ1v) is 11.9. The van der Waals surface area contributed by atoms with Crippen LogP contribution in [0.2, 0.25) is 0 Å². The molecule has 0 aromatic carbocycles. The Labute approximate surface area is 183 Å². The minimum absolute atomic E-state index is 0.0168. The van der Waals surface area contributed by atoms with E-state index in [9.17, 15) is 40.4 Å². The molecule has 8 nitrogen and oxygen atoms in total. The van der Waals surface area contributed by atoms with Crippen molar-refractivity contribution < 1.29 is 49.8 Å². The molecule has 14 heteroatoms. The van der Waals surface area contributed by atoms with Gasteiger partial charge in [0.2, 0.25) is 0 Å². The largest absolute Gasteiger partial charge is 0.453 e. The molecule has 2 rings (SSSR count). The molecule has 2 aliphatic heterocycles. The van der Waals surface area contributed by atoms with Crippen molar-refractivity contribution >= 4 is 16.1 Å². The zero-order valence-electron chi connectivity index (χ0n) is 17.5. The fraction of sp³-hybridized carbons (Fsp3) is 0.944. The number of ether oxygens (including phenoxy) is 2. The second-order valence-electron chi connectivity index (χ2n) is 7.96. The van der Waals surface area contributed by atoms with Gasteiger partial charge in [-0.2, -0.15) is 34.7 Å². The van der Waals surface area contributed by atoms with E-state index < -0.39 is 40.6 Å². The molecule has 0 unspecified atom stereocenters. The van der Waals surface area contributed by atoms with Gasteiger partial charge in [-0.05, 0) is 38.5 Å². The number of unbranched alkanes of at least 4 members (excludes halogenated alkanes) is 2. The van der Waals surface area contributed by atoms with Gasteiger partial charge < -0.3 is 9.47 Å². The van der Waals surface area contributed by atoms with Gasteiger partial charge in [-0.15, -0.1) is 0 Å². The van der Waals surface area contributed by atoms with E-state index in [0.29, 0.717) is 45.3 Å². The summed E-state index contributed by atoms with van der Waals surface area (Å²) in [5.74, 6) is -6.21. The monoisotopic (exact) mass is 496 g/mol. The van der Waals surface area contributed by atoms with E-state index in [-0.39, 0.29) is 43.1 Å². The molecular formula is C18H29F5N2O6S. The normalized spacial score (nSPS) is 20.4. The first kappa shape index (κ1) is 27.2. The minimum atomic E-state index is -5.54. The van der Waals surface area contributed by atoms with Crippen molar-refractivity contribution in [3.8, 4) is 0 Å².